The van der Waals surface area contributed by atoms with Crippen LogP contribution in [0.1, 0.15) is 67.3 Å². The van der Waals surface area contributed by atoms with Crippen LogP contribution < -0.4 is 5.32 Å². The van der Waals surface area contributed by atoms with Gasteiger partial charge in [-0.2, -0.15) is 18.3 Å². The van der Waals surface area contributed by atoms with Gasteiger partial charge in [-0.1, -0.05) is 26.8 Å². The monoisotopic (exact) mass is 527 g/mol. The van der Waals surface area contributed by atoms with Crippen LogP contribution in [0.2, 0.25) is 0 Å². The molecular formula is C27H32F3N7O. The molecule has 1 unspecified atom stereocenters. The third-order valence-corrected chi connectivity index (χ3v) is 6.50. The van der Waals surface area contributed by atoms with Gasteiger partial charge in [0.25, 0.3) is 5.91 Å². The van der Waals surface area contributed by atoms with Crippen molar-refractivity contribution < 1.29 is 18.0 Å². The number of halogens is 3. The lowest BCUT2D eigenvalue weighted by Crippen LogP contribution is -2.38. The normalized spacial score (nSPS) is 16.4. The van der Waals surface area contributed by atoms with Crippen LogP contribution in [0, 0.1) is 12.3 Å². The molecule has 3 aromatic heterocycles. The van der Waals surface area contributed by atoms with Gasteiger partial charge in [-0.3, -0.25) is 9.78 Å². The van der Waals surface area contributed by atoms with Crippen molar-refractivity contribution in [2.45, 2.75) is 59.2 Å². The molecule has 0 aliphatic heterocycles. The summed E-state index contributed by atoms with van der Waals surface area (Å²) in [6, 6.07) is 2.64. The summed E-state index contributed by atoms with van der Waals surface area (Å²) in [7, 11) is 2.18. The third kappa shape index (κ3) is 6.45. The minimum atomic E-state index is -4.48. The summed E-state index contributed by atoms with van der Waals surface area (Å²) in [6.45, 7) is 9.40. The largest absolute Gasteiger partial charge is 0.417 e. The number of allylic oxidation sites excluding steroid dienone is 1. The molecule has 1 N–H and O–H groups in total. The Morgan fingerprint density at radius 1 is 1.11 bits per heavy atom. The van der Waals surface area contributed by atoms with Crippen molar-refractivity contribution in [3.63, 3.8) is 0 Å². The van der Waals surface area contributed by atoms with E-state index in [1.165, 1.54) is 23.1 Å². The maximum absolute atomic E-state index is 12.8. The van der Waals surface area contributed by atoms with Gasteiger partial charge >= 0.3 is 6.18 Å². The minimum Gasteiger partial charge on any atom is -0.305 e. The topological polar surface area (TPSA) is 88.8 Å². The van der Waals surface area contributed by atoms with Crippen LogP contribution in [0.5, 0.6) is 0 Å². The van der Waals surface area contributed by atoms with Crippen molar-refractivity contribution in [1.82, 2.24) is 29.6 Å². The van der Waals surface area contributed by atoms with E-state index in [0.717, 1.165) is 49.3 Å². The van der Waals surface area contributed by atoms with E-state index >= 15 is 0 Å². The number of nitrogens with one attached hydrogen (secondary N) is 1. The summed E-state index contributed by atoms with van der Waals surface area (Å²) in [5, 5.41) is 6.82. The molecule has 0 saturated heterocycles. The van der Waals surface area contributed by atoms with Crippen LogP contribution in [-0.4, -0.2) is 55.2 Å². The van der Waals surface area contributed by atoms with Gasteiger partial charge in [-0.25, -0.2) is 14.6 Å². The number of alkyl halides is 3. The second-order valence-electron chi connectivity index (χ2n) is 10.8. The lowest BCUT2D eigenvalue weighted by atomic mass is 9.90. The Labute approximate surface area is 220 Å². The van der Waals surface area contributed by atoms with E-state index < -0.39 is 17.6 Å². The number of pyridine rings is 1. The first-order valence-corrected chi connectivity index (χ1v) is 12.4. The summed E-state index contributed by atoms with van der Waals surface area (Å²) in [6.07, 6.45) is 5.91. The van der Waals surface area contributed by atoms with Gasteiger partial charge in [0.15, 0.2) is 11.6 Å². The number of nitrogens with zero attached hydrogens (tertiary/aromatic N) is 6. The Balaban J connectivity index is 1.39. The lowest BCUT2D eigenvalue weighted by Gasteiger charge is -2.35. The first kappa shape index (κ1) is 27.4. The summed E-state index contributed by atoms with van der Waals surface area (Å²) in [5.41, 5.74) is 2.01. The SMILES string of the molecule is Cc1c(C(=O)Nc2cnc(C3=CCC(N(C)CC(C)(C)C)CC3)cn2)cnn1-c1ccc(C(F)(F)F)cn1. The van der Waals surface area contributed by atoms with Crippen molar-refractivity contribution in [1.29, 1.82) is 0 Å². The molecule has 0 spiro atoms. The Bertz CT molecular complexity index is 1310. The quantitative estimate of drug-likeness (QED) is 0.452. The molecule has 0 radical (unpaired) electrons. The molecular weight excluding hydrogens is 495 g/mol. The van der Waals surface area contributed by atoms with Crippen LogP contribution >= 0.6 is 0 Å². The highest BCUT2D eigenvalue weighted by atomic mass is 19.4. The number of hydrogen-bond acceptors (Lipinski definition) is 6. The molecule has 0 fully saturated rings. The average molecular weight is 528 g/mol. The van der Waals surface area contributed by atoms with Gasteiger partial charge in [0.05, 0.1) is 41.1 Å². The van der Waals surface area contributed by atoms with E-state index in [9.17, 15) is 18.0 Å². The zero-order valence-electron chi connectivity index (χ0n) is 22.2. The fraction of sp³-hybridized carbons (Fsp3) is 0.444. The van der Waals surface area contributed by atoms with Gasteiger partial charge in [0.2, 0.25) is 0 Å². The molecule has 38 heavy (non-hydrogen) atoms. The molecule has 8 nitrogen and oxygen atoms in total. The molecule has 4 rings (SSSR count). The fourth-order valence-corrected chi connectivity index (χ4v) is 4.62. The molecule has 202 valence electrons. The molecule has 0 saturated carbocycles. The van der Waals surface area contributed by atoms with E-state index in [2.05, 4.69) is 64.2 Å². The van der Waals surface area contributed by atoms with Crippen LogP contribution in [0.3, 0.4) is 0 Å². The maximum atomic E-state index is 12.8. The van der Waals surface area contributed by atoms with Gasteiger partial charge in [0.1, 0.15) is 0 Å². The second-order valence-corrected chi connectivity index (χ2v) is 10.8. The highest BCUT2D eigenvalue weighted by molar-refractivity contribution is 6.04. The van der Waals surface area contributed by atoms with Crippen LogP contribution in [-0.2, 0) is 6.18 Å². The number of anilines is 1. The lowest BCUT2D eigenvalue weighted by molar-refractivity contribution is -0.137. The summed E-state index contributed by atoms with van der Waals surface area (Å²) < 4.78 is 39.7. The van der Waals surface area contributed by atoms with Gasteiger partial charge in [-0.15, -0.1) is 0 Å². The van der Waals surface area contributed by atoms with Gasteiger partial charge in [-0.05, 0) is 56.4 Å². The van der Waals surface area contributed by atoms with Crippen molar-refractivity contribution in [3.05, 3.63) is 65.5 Å². The number of rotatable bonds is 6. The predicted octanol–water partition coefficient (Wildman–Crippen LogP) is 5.55. The zero-order valence-corrected chi connectivity index (χ0v) is 22.2. The zero-order chi connectivity index (χ0) is 27.7. The standard InChI is InChI=1S/C27H32F3N7O/c1-17-21(13-34-37(17)24-11-8-19(12-33-24)27(28,29)30)25(38)35-23-15-31-22(14-32-23)18-6-9-20(10-7-18)36(5)16-26(2,3)4/h6,8,11-15,20H,7,9-10,16H2,1-5H3,(H,32,35,38). The molecule has 0 bridgehead atoms. The van der Waals surface area contributed by atoms with E-state index in [0.29, 0.717) is 11.7 Å². The molecule has 3 aromatic rings. The van der Waals surface area contributed by atoms with E-state index in [-0.39, 0.29) is 22.6 Å². The predicted molar refractivity (Wildman–Crippen MR) is 139 cm³/mol. The number of carbonyl (C=O) groups excluding carboxylic acids is 1. The molecule has 1 atom stereocenters. The minimum absolute atomic E-state index is 0.172. The number of aromatic nitrogens is 5. The number of amides is 1. The molecule has 1 aliphatic rings. The van der Waals surface area contributed by atoms with Crippen molar-refractivity contribution >= 4 is 17.3 Å². The Morgan fingerprint density at radius 2 is 1.87 bits per heavy atom. The van der Waals surface area contributed by atoms with Crippen LogP contribution in [0.25, 0.3) is 11.4 Å². The molecule has 3 heterocycles. The summed E-state index contributed by atoms with van der Waals surface area (Å²) in [4.78, 5) is 28.0. The summed E-state index contributed by atoms with van der Waals surface area (Å²) >= 11 is 0. The molecule has 0 aromatic carbocycles. The van der Waals surface area contributed by atoms with E-state index in [1.54, 1.807) is 13.1 Å². The molecule has 11 heteroatoms. The van der Waals surface area contributed by atoms with Gasteiger partial charge < -0.3 is 10.2 Å². The highest BCUT2D eigenvalue weighted by Crippen LogP contribution is 2.30. The van der Waals surface area contributed by atoms with Gasteiger partial charge in [0, 0.05) is 18.8 Å². The second kappa shape index (κ2) is 10.6. The van der Waals surface area contributed by atoms with Crippen LogP contribution in [0.15, 0.2) is 43.0 Å². The average Bonchev–Trinajstić information content (AvgIpc) is 3.24. The van der Waals surface area contributed by atoms with E-state index in [1.807, 2.05) is 0 Å². The number of hydrogen-bond donors (Lipinski definition) is 1. The Morgan fingerprint density at radius 3 is 2.42 bits per heavy atom. The maximum Gasteiger partial charge on any atom is 0.417 e. The van der Waals surface area contributed by atoms with Crippen LogP contribution in [0.4, 0.5) is 19.0 Å². The molecule has 1 amide bonds. The van der Waals surface area contributed by atoms with Crippen molar-refractivity contribution in [2.24, 2.45) is 5.41 Å². The number of carbonyl (C=O) groups is 1. The smallest absolute Gasteiger partial charge is 0.305 e. The summed E-state index contributed by atoms with van der Waals surface area (Å²) in [5.74, 6) is 0.00774. The van der Waals surface area contributed by atoms with Crippen molar-refractivity contribution in [2.75, 3.05) is 18.9 Å². The Kier molecular flexibility index (Phi) is 7.68. The third-order valence-electron chi connectivity index (χ3n) is 6.50. The highest BCUT2D eigenvalue weighted by Gasteiger charge is 2.31. The molecule has 1 aliphatic carbocycles. The first-order valence-electron chi connectivity index (χ1n) is 12.4. The van der Waals surface area contributed by atoms with Crippen molar-refractivity contribution in [3.8, 4) is 5.82 Å². The van der Waals surface area contributed by atoms with E-state index in [4.69, 9.17) is 0 Å². The fourth-order valence-electron chi connectivity index (χ4n) is 4.62. The Hall–Kier alpha value is -3.60. The first-order chi connectivity index (χ1) is 17.8.